The molecule has 0 atom stereocenters. The zero-order valence-electron chi connectivity index (χ0n) is 31.9. The van der Waals surface area contributed by atoms with Crippen molar-refractivity contribution in [3.05, 3.63) is 181 Å². The quantitative estimate of drug-likeness (QED) is 0.181. The van der Waals surface area contributed by atoms with E-state index in [1.54, 1.807) is 0 Å². The number of furan rings is 1. The van der Waals surface area contributed by atoms with E-state index in [1.807, 2.05) is 12.1 Å². The molecule has 1 aliphatic carbocycles. The van der Waals surface area contributed by atoms with E-state index >= 15 is 0 Å². The summed E-state index contributed by atoms with van der Waals surface area (Å²) in [4.78, 5) is 10.9. The fourth-order valence-electron chi connectivity index (χ4n) is 10.1. The van der Waals surface area contributed by atoms with Crippen LogP contribution in [0.15, 0.2) is 174 Å². The minimum absolute atomic E-state index is 0.113. The highest BCUT2D eigenvalue weighted by atomic mass is 16.3. The van der Waals surface area contributed by atoms with E-state index in [9.17, 15) is 0 Å². The van der Waals surface area contributed by atoms with E-state index in [0.29, 0.717) is 5.95 Å². The molecule has 0 aliphatic heterocycles. The summed E-state index contributed by atoms with van der Waals surface area (Å²) in [6, 6.07) is 60.8. The van der Waals surface area contributed by atoms with Crippen molar-refractivity contribution in [1.82, 2.24) is 19.1 Å². The molecule has 0 spiro atoms. The fourth-order valence-corrected chi connectivity index (χ4v) is 10.1. The lowest BCUT2D eigenvalue weighted by molar-refractivity contribution is 0.660. The Balaban J connectivity index is 1.13. The Morgan fingerprint density at radius 3 is 2.02 bits per heavy atom. The molecule has 13 rings (SSSR count). The lowest BCUT2D eigenvalue weighted by Crippen LogP contribution is -2.15. The van der Waals surface area contributed by atoms with E-state index < -0.39 is 0 Å². The maximum absolute atomic E-state index is 6.60. The third kappa shape index (κ3) is 4.09. The topological polar surface area (TPSA) is 48.8 Å². The van der Waals surface area contributed by atoms with Crippen molar-refractivity contribution >= 4 is 76.5 Å². The largest absolute Gasteiger partial charge is 0.455 e. The summed E-state index contributed by atoms with van der Waals surface area (Å²) in [6.07, 6.45) is 0. The summed E-state index contributed by atoms with van der Waals surface area (Å²) in [5, 5.41) is 7.81. The monoisotopic (exact) mass is 742 g/mol. The van der Waals surface area contributed by atoms with E-state index in [4.69, 9.17) is 14.4 Å². The van der Waals surface area contributed by atoms with Crippen molar-refractivity contribution in [3.63, 3.8) is 0 Å². The summed E-state index contributed by atoms with van der Waals surface area (Å²) in [7, 11) is 0. The van der Waals surface area contributed by atoms with Crippen LogP contribution in [-0.2, 0) is 5.41 Å². The molecule has 0 amide bonds. The van der Waals surface area contributed by atoms with Crippen molar-refractivity contribution in [3.8, 4) is 34.0 Å². The molecule has 0 saturated heterocycles. The molecule has 58 heavy (non-hydrogen) atoms. The van der Waals surface area contributed by atoms with Crippen LogP contribution < -0.4 is 0 Å². The van der Waals surface area contributed by atoms with Gasteiger partial charge in [-0.1, -0.05) is 135 Å². The number of para-hydroxylation sites is 5. The zero-order chi connectivity index (χ0) is 38.3. The average molecular weight is 743 g/mol. The van der Waals surface area contributed by atoms with Gasteiger partial charge in [0.2, 0.25) is 5.95 Å². The van der Waals surface area contributed by atoms with Crippen LogP contribution in [0.3, 0.4) is 0 Å². The molecule has 0 bridgehead atoms. The summed E-state index contributed by atoms with van der Waals surface area (Å²) in [5.74, 6) is 0.620. The van der Waals surface area contributed by atoms with E-state index in [-0.39, 0.29) is 5.41 Å². The van der Waals surface area contributed by atoms with Gasteiger partial charge in [0.15, 0.2) is 0 Å². The minimum Gasteiger partial charge on any atom is -0.455 e. The average Bonchev–Trinajstić information content (AvgIpc) is 3.98. The standard InChI is InChI=1S/C53H34N4O/c1-53(2)41-21-8-3-14-32(41)33-27-26-31(30-42(33)53)56-45-24-11-6-18-39(45)48-46(56)29-28-36-34-15-5-10-23-44(34)57(50(36)48)52-54-43-22-9-4-17-38(43)49(55-52)40-20-13-19-37-35-16-7-12-25-47(35)58-51(37)40/h3-30H,1-2H3. The van der Waals surface area contributed by atoms with Crippen LogP contribution >= 0.6 is 0 Å². The maximum atomic E-state index is 6.60. The highest BCUT2D eigenvalue weighted by Gasteiger charge is 2.35. The predicted octanol–water partition coefficient (Wildman–Crippen LogP) is 13.7. The van der Waals surface area contributed by atoms with Crippen LogP contribution in [0.4, 0.5) is 0 Å². The minimum atomic E-state index is -0.113. The number of hydrogen-bond acceptors (Lipinski definition) is 3. The van der Waals surface area contributed by atoms with Crippen LogP contribution in [0, 0.1) is 0 Å². The Labute approximate surface area is 333 Å². The first kappa shape index (κ1) is 31.7. The van der Waals surface area contributed by atoms with E-state index in [2.05, 4.69) is 181 Å². The summed E-state index contributed by atoms with van der Waals surface area (Å²) >= 11 is 0. The molecule has 12 aromatic rings. The number of aromatic nitrogens is 4. The molecule has 0 fully saturated rings. The molecule has 4 heterocycles. The number of hydrogen-bond donors (Lipinski definition) is 0. The number of nitrogens with zero attached hydrogens (tertiary/aromatic N) is 4. The first-order chi connectivity index (χ1) is 28.5. The van der Waals surface area contributed by atoms with Gasteiger partial charge in [-0.3, -0.25) is 4.57 Å². The molecule has 4 aromatic heterocycles. The van der Waals surface area contributed by atoms with Crippen molar-refractivity contribution in [2.45, 2.75) is 19.3 Å². The Morgan fingerprint density at radius 2 is 1.14 bits per heavy atom. The molecule has 0 N–H and O–H groups in total. The Hall–Kier alpha value is -7.50. The molecule has 5 nitrogen and oxygen atoms in total. The van der Waals surface area contributed by atoms with Crippen LogP contribution in [0.1, 0.15) is 25.0 Å². The SMILES string of the molecule is CC1(C)c2ccccc2-c2ccc(-n3c4ccccc4c4c3ccc3c5ccccc5n(-c5nc(-c6cccc7c6oc6ccccc67)c6ccccc6n5)c34)cc21. The van der Waals surface area contributed by atoms with Crippen molar-refractivity contribution < 1.29 is 4.42 Å². The lowest BCUT2D eigenvalue weighted by Gasteiger charge is -2.22. The van der Waals surface area contributed by atoms with Gasteiger partial charge in [0.25, 0.3) is 0 Å². The number of rotatable bonds is 3. The van der Waals surface area contributed by atoms with Crippen molar-refractivity contribution in [1.29, 1.82) is 0 Å². The van der Waals surface area contributed by atoms with Gasteiger partial charge in [-0.2, -0.15) is 0 Å². The molecule has 0 radical (unpaired) electrons. The maximum Gasteiger partial charge on any atom is 0.235 e. The summed E-state index contributed by atoms with van der Waals surface area (Å²) in [5.41, 5.74) is 15.2. The molecule has 5 heteroatoms. The highest BCUT2D eigenvalue weighted by molar-refractivity contribution is 6.26. The summed E-state index contributed by atoms with van der Waals surface area (Å²) in [6.45, 7) is 4.70. The van der Waals surface area contributed by atoms with Gasteiger partial charge in [-0.25, -0.2) is 9.97 Å². The first-order valence-electron chi connectivity index (χ1n) is 19.9. The highest BCUT2D eigenvalue weighted by Crippen LogP contribution is 2.50. The molecular formula is C53H34N4O. The van der Waals surface area contributed by atoms with Crippen molar-refractivity contribution in [2.24, 2.45) is 0 Å². The Morgan fingerprint density at radius 1 is 0.466 bits per heavy atom. The van der Waals surface area contributed by atoms with Gasteiger partial charge in [-0.05, 0) is 70.8 Å². The Kier molecular flexibility index (Phi) is 6.17. The second kappa shape index (κ2) is 11.3. The fraction of sp³-hybridized carbons (Fsp3) is 0.0566. The molecule has 272 valence electrons. The third-order valence-corrected chi connectivity index (χ3v) is 12.7. The molecule has 1 aliphatic rings. The van der Waals surface area contributed by atoms with Crippen LogP contribution in [0.2, 0.25) is 0 Å². The van der Waals surface area contributed by atoms with Crippen LogP contribution in [0.5, 0.6) is 0 Å². The second-order valence-corrected chi connectivity index (χ2v) is 16.1. The number of benzene rings is 8. The number of fused-ring (bicyclic) bond motifs is 14. The first-order valence-corrected chi connectivity index (χ1v) is 19.9. The van der Waals surface area contributed by atoms with Crippen LogP contribution in [-0.4, -0.2) is 19.1 Å². The van der Waals surface area contributed by atoms with Gasteiger partial charge in [-0.15, -0.1) is 0 Å². The van der Waals surface area contributed by atoms with Gasteiger partial charge in [0.1, 0.15) is 11.2 Å². The zero-order valence-corrected chi connectivity index (χ0v) is 31.9. The lowest BCUT2D eigenvalue weighted by atomic mass is 9.82. The van der Waals surface area contributed by atoms with Crippen LogP contribution in [0.25, 0.3) is 110 Å². The molecule has 0 unspecified atom stereocenters. The predicted molar refractivity (Wildman–Crippen MR) is 238 cm³/mol. The van der Waals surface area contributed by atoms with Gasteiger partial charge in [0, 0.05) is 54.4 Å². The molecule has 8 aromatic carbocycles. The summed E-state index contributed by atoms with van der Waals surface area (Å²) < 4.78 is 11.3. The van der Waals surface area contributed by atoms with Crippen molar-refractivity contribution in [2.75, 3.05) is 0 Å². The second-order valence-electron chi connectivity index (χ2n) is 16.1. The molecular weight excluding hydrogens is 709 g/mol. The van der Waals surface area contributed by atoms with Gasteiger partial charge < -0.3 is 8.98 Å². The van der Waals surface area contributed by atoms with E-state index in [1.165, 1.54) is 33.0 Å². The van der Waals surface area contributed by atoms with E-state index in [0.717, 1.165) is 82.6 Å². The van der Waals surface area contributed by atoms with Gasteiger partial charge >= 0.3 is 0 Å². The normalized spacial score (nSPS) is 13.5. The Bertz CT molecular complexity index is 3730. The smallest absolute Gasteiger partial charge is 0.235 e. The molecule has 0 saturated carbocycles. The van der Waals surface area contributed by atoms with Gasteiger partial charge in [0.05, 0.1) is 33.3 Å². The third-order valence-electron chi connectivity index (χ3n) is 12.7.